The lowest BCUT2D eigenvalue weighted by Gasteiger charge is -2.21. The van der Waals surface area contributed by atoms with Gasteiger partial charge in [-0.15, -0.1) is 0 Å². The summed E-state index contributed by atoms with van der Waals surface area (Å²) in [6, 6.07) is 0. The van der Waals surface area contributed by atoms with Crippen LogP contribution in [0.2, 0.25) is 0 Å². The molecule has 0 fully saturated rings. The molecule has 0 heterocycles. The minimum Gasteiger partial charge on any atom is -0.462 e. The lowest BCUT2D eigenvalue weighted by Crippen LogP contribution is -2.30. The van der Waals surface area contributed by atoms with Gasteiger partial charge in [-0.3, -0.25) is 37.3 Å². The number of unbranched alkanes of at least 4 members (excludes halogenated alkanes) is 44. The Hall–Kier alpha value is -2.46. The van der Waals surface area contributed by atoms with Crippen LogP contribution in [0, 0.1) is 5.92 Å². The first kappa shape index (κ1) is 94.5. The van der Waals surface area contributed by atoms with Crippen molar-refractivity contribution in [1.29, 1.82) is 0 Å². The minimum absolute atomic E-state index is 0.102. The molecule has 0 aromatic carbocycles. The highest BCUT2D eigenvalue weighted by atomic mass is 31.2. The van der Waals surface area contributed by atoms with Gasteiger partial charge in [-0.1, -0.05) is 335 Å². The number of ether oxygens (including phenoxy) is 4. The number of aliphatic hydroxyl groups excluding tert-OH is 1. The Morgan fingerprint density at radius 1 is 0.330 bits per heavy atom. The van der Waals surface area contributed by atoms with Crippen LogP contribution in [0.25, 0.3) is 0 Å². The summed E-state index contributed by atoms with van der Waals surface area (Å²) in [5.74, 6) is -1.37. The quantitative estimate of drug-likeness (QED) is 0.0169. The van der Waals surface area contributed by atoms with Gasteiger partial charge in [0.2, 0.25) is 0 Å². The van der Waals surface area contributed by atoms with E-state index in [1.807, 2.05) is 0 Å². The number of hydrogen-bond donors (Lipinski definition) is 3. The third-order valence-electron chi connectivity index (χ3n) is 18.0. The molecule has 0 saturated heterocycles. The molecule has 0 bridgehead atoms. The zero-order valence-corrected chi connectivity index (χ0v) is 64.5. The van der Waals surface area contributed by atoms with Crippen molar-refractivity contribution in [3.63, 3.8) is 0 Å². The number of esters is 4. The van der Waals surface area contributed by atoms with Crippen molar-refractivity contribution in [3.05, 3.63) is 24.3 Å². The Morgan fingerprint density at radius 3 is 0.876 bits per heavy atom. The molecule has 0 radical (unpaired) electrons. The van der Waals surface area contributed by atoms with E-state index in [9.17, 15) is 43.2 Å². The Kier molecular flexibility index (Phi) is 68.8. The second-order valence-electron chi connectivity index (χ2n) is 27.7. The van der Waals surface area contributed by atoms with Crippen LogP contribution in [-0.2, 0) is 65.4 Å². The molecule has 0 saturated carbocycles. The summed E-state index contributed by atoms with van der Waals surface area (Å²) in [5.41, 5.74) is 0. The standard InChI is InChI=1S/C78H148O17P2/c1-6-10-13-16-19-22-25-28-30-31-32-34-36-39-42-48-53-58-63-77(82)94-73(67-88-76(81)62-57-52-47-41-38-35-33-29-26-23-20-17-14-11-7-2)69-92-96(84,85)90-65-72(79)66-91-97(86,87)93-70-74(95-78(83)64-59-54-49-44-43-45-50-55-60-71(5)9-4)68-89-75(80)61-56-51-46-40-37-27-24-21-18-15-12-8-3/h23,26,29,33,71-74,79H,6-22,24-25,27-28,30-32,34-70H2,1-5H3,(H,84,85)(H,86,87)/b26-23-,33-29-/t71?,72-,73-,74-/m1/s1. The van der Waals surface area contributed by atoms with E-state index in [-0.39, 0.29) is 25.7 Å². The van der Waals surface area contributed by atoms with E-state index in [0.29, 0.717) is 25.7 Å². The Bertz CT molecular complexity index is 1950. The van der Waals surface area contributed by atoms with Gasteiger partial charge in [0.25, 0.3) is 0 Å². The van der Waals surface area contributed by atoms with E-state index >= 15 is 0 Å². The van der Waals surface area contributed by atoms with Gasteiger partial charge in [-0.25, -0.2) is 9.13 Å². The number of aliphatic hydroxyl groups is 1. The highest BCUT2D eigenvalue weighted by molar-refractivity contribution is 7.47. The first-order valence-corrected chi connectivity index (χ1v) is 43.0. The zero-order chi connectivity index (χ0) is 71.2. The largest absolute Gasteiger partial charge is 0.472 e. The molecule has 19 heteroatoms. The number of carbonyl (C=O) groups excluding carboxylic acids is 4. The molecule has 3 unspecified atom stereocenters. The second-order valence-corrected chi connectivity index (χ2v) is 30.6. The van der Waals surface area contributed by atoms with Gasteiger partial charge in [0.1, 0.15) is 19.3 Å². The van der Waals surface area contributed by atoms with E-state index in [0.717, 1.165) is 115 Å². The van der Waals surface area contributed by atoms with Crippen LogP contribution in [0.3, 0.4) is 0 Å². The lowest BCUT2D eigenvalue weighted by atomic mass is 9.99. The van der Waals surface area contributed by atoms with Gasteiger partial charge < -0.3 is 33.8 Å². The fraction of sp³-hybridized carbons (Fsp3) is 0.897. The lowest BCUT2D eigenvalue weighted by molar-refractivity contribution is -0.161. The van der Waals surface area contributed by atoms with Crippen molar-refractivity contribution < 1.29 is 80.2 Å². The molecule has 0 aliphatic heterocycles. The van der Waals surface area contributed by atoms with Crippen LogP contribution in [0.4, 0.5) is 0 Å². The molecule has 0 aromatic heterocycles. The van der Waals surface area contributed by atoms with Gasteiger partial charge in [-0.2, -0.15) is 0 Å². The normalized spacial score (nSPS) is 14.4. The van der Waals surface area contributed by atoms with E-state index in [2.05, 4.69) is 58.9 Å². The smallest absolute Gasteiger partial charge is 0.462 e. The maximum absolute atomic E-state index is 13.1. The molecule has 0 rings (SSSR count). The average Bonchev–Trinajstić information content (AvgIpc) is 1.17. The van der Waals surface area contributed by atoms with Gasteiger partial charge >= 0.3 is 39.5 Å². The molecule has 6 atom stereocenters. The third kappa shape index (κ3) is 70.4. The van der Waals surface area contributed by atoms with E-state index in [4.69, 9.17) is 37.0 Å². The van der Waals surface area contributed by atoms with Crippen molar-refractivity contribution >= 4 is 39.5 Å². The molecular weight excluding hydrogens is 1270 g/mol. The first-order chi connectivity index (χ1) is 47.1. The first-order valence-electron chi connectivity index (χ1n) is 40.0. The zero-order valence-electron chi connectivity index (χ0n) is 62.7. The SMILES string of the molecule is CCCCCC/C=C\C=C/CCCCCCCC(=O)OC[C@H](COP(=O)(O)OC[C@@H](O)COP(=O)(O)OC[C@@H](COC(=O)CCCCCCCCCCCCCC)OC(=O)CCCCCCCCCCC(C)CC)OC(=O)CCCCCCCCCCCCCCCCCCCC. The Balaban J connectivity index is 5.29. The Labute approximate surface area is 592 Å². The monoisotopic (exact) mass is 1420 g/mol. The van der Waals surface area contributed by atoms with Gasteiger partial charge in [0, 0.05) is 25.7 Å². The average molecular weight is 1420 g/mol. The number of carbonyl (C=O) groups is 4. The van der Waals surface area contributed by atoms with E-state index < -0.39 is 97.5 Å². The molecule has 0 aromatic rings. The molecule has 0 spiro atoms. The summed E-state index contributed by atoms with van der Waals surface area (Å²) < 4.78 is 68.6. The molecule has 572 valence electrons. The molecule has 0 aliphatic carbocycles. The fourth-order valence-corrected chi connectivity index (χ4v) is 13.1. The van der Waals surface area contributed by atoms with Crippen LogP contribution in [0.5, 0.6) is 0 Å². The number of rotatable bonds is 76. The van der Waals surface area contributed by atoms with Crippen molar-refractivity contribution in [3.8, 4) is 0 Å². The topological polar surface area (TPSA) is 237 Å². The number of phosphoric acid groups is 2. The molecule has 17 nitrogen and oxygen atoms in total. The van der Waals surface area contributed by atoms with Crippen molar-refractivity contribution in [1.82, 2.24) is 0 Å². The predicted molar refractivity (Wildman–Crippen MR) is 395 cm³/mol. The van der Waals surface area contributed by atoms with E-state index in [1.165, 1.54) is 193 Å². The molecular formula is C78H148O17P2. The maximum Gasteiger partial charge on any atom is 0.472 e. The second kappa shape index (κ2) is 70.6. The van der Waals surface area contributed by atoms with Crippen molar-refractivity contribution in [2.24, 2.45) is 5.92 Å². The van der Waals surface area contributed by atoms with Crippen LogP contribution in [-0.4, -0.2) is 96.7 Å². The van der Waals surface area contributed by atoms with Crippen molar-refractivity contribution in [2.75, 3.05) is 39.6 Å². The van der Waals surface area contributed by atoms with Crippen LogP contribution in [0.15, 0.2) is 24.3 Å². The summed E-state index contributed by atoms with van der Waals surface area (Å²) >= 11 is 0. The predicted octanol–water partition coefficient (Wildman–Crippen LogP) is 22.8. The summed E-state index contributed by atoms with van der Waals surface area (Å²) in [4.78, 5) is 72.9. The van der Waals surface area contributed by atoms with Gasteiger partial charge in [-0.05, 0) is 57.3 Å². The number of phosphoric ester groups is 2. The minimum atomic E-state index is -4.97. The molecule has 3 N–H and O–H groups in total. The van der Waals surface area contributed by atoms with Crippen LogP contribution in [0.1, 0.15) is 388 Å². The molecule has 0 amide bonds. The summed E-state index contributed by atoms with van der Waals surface area (Å²) in [7, 11) is -9.93. The highest BCUT2D eigenvalue weighted by Gasteiger charge is 2.30. The number of allylic oxidation sites excluding steroid dienone is 4. The van der Waals surface area contributed by atoms with Gasteiger partial charge in [0.15, 0.2) is 12.2 Å². The summed E-state index contributed by atoms with van der Waals surface area (Å²) in [6.45, 7) is 7.24. The van der Waals surface area contributed by atoms with Crippen LogP contribution < -0.4 is 0 Å². The van der Waals surface area contributed by atoms with E-state index in [1.54, 1.807) is 0 Å². The summed E-state index contributed by atoms with van der Waals surface area (Å²) in [5, 5.41) is 10.6. The van der Waals surface area contributed by atoms with Crippen molar-refractivity contribution in [2.45, 2.75) is 406 Å². The summed E-state index contributed by atoms with van der Waals surface area (Å²) in [6.07, 6.45) is 63.1. The van der Waals surface area contributed by atoms with Crippen LogP contribution >= 0.6 is 15.6 Å². The fourth-order valence-electron chi connectivity index (χ4n) is 11.5. The van der Waals surface area contributed by atoms with Gasteiger partial charge in [0.05, 0.1) is 26.4 Å². The highest BCUT2D eigenvalue weighted by Crippen LogP contribution is 2.45. The Morgan fingerprint density at radius 2 is 0.577 bits per heavy atom. The number of hydrogen-bond acceptors (Lipinski definition) is 15. The molecule has 97 heavy (non-hydrogen) atoms. The third-order valence-corrected chi connectivity index (χ3v) is 19.9. The maximum atomic E-state index is 13.1. The molecule has 0 aliphatic rings.